The fourth-order valence-electron chi connectivity index (χ4n) is 0.911. The van der Waals surface area contributed by atoms with Crippen LogP contribution in [0.15, 0.2) is 0 Å². The molecule has 2 atom stereocenters. The minimum Gasteiger partial charge on any atom is -0.464 e. The number of amides is 1. The van der Waals surface area contributed by atoms with Gasteiger partial charge in [-0.1, -0.05) is 0 Å². The molecule has 0 aromatic rings. The van der Waals surface area contributed by atoms with Crippen LogP contribution in [-0.4, -0.2) is 46.1 Å². The number of rotatable bonds is 2. The van der Waals surface area contributed by atoms with E-state index in [0.717, 1.165) is 4.31 Å². The molecule has 1 heterocycles. The van der Waals surface area contributed by atoms with Gasteiger partial charge >= 0.3 is 6.09 Å². The van der Waals surface area contributed by atoms with Crippen LogP contribution in [0.4, 0.5) is 4.79 Å². The third kappa shape index (κ3) is 1.74. The fourth-order valence-corrected chi connectivity index (χ4v) is 1.79. The van der Waals surface area contributed by atoms with Crippen LogP contribution in [0.1, 0.15) is 0 Å². The molecular formula is C5H9NO5S. The van der Waals surface area contributed by atoms with Gasteiger partial charge in [0.2, 0.25) is 0 Å². The molecule has 0 aliphatic carbocycles. The second kappa shape index (κ2) is 3.83. The summed E-state index contributed by atoms with van der Waals surface area (Å²) in [6, 6.07) is -0.465. The maximum Gasteiger partial charge on any atom is 0.421 e. The fraction of sp³-hybridized carbons (Fsp3) is 0.800. The minimum absolute atomic E-state index is 0.118. The Bertz CT molecular complexity index is 208. The van der Waals surface area contributed by atoms with Crippen LogP contribution in [0.25, 0.3) is 0 Å². The quantitative estimate of drug-likeness (QED) is 0.648. The molecule has 1 aliphatic rings. The van der Waals surface area contributed by atoms with Crippen LogP contribution in [0, 0.1) is 0 Å². The van der Waals surface area contributed by atoms with Crippen LogP contribution in [0.2, 0.25) is 0 Å². The maximum atomic E-state index is 10.9. The van der Waals surface area contributed by atoms with Crippen molar-refractivity contribution in [2.75, 3.05) is 20.3 Å². The molecule has 1 fully saturated rings. The van der Waals surface area contributed by atoms with E-state index in [4.69, 9.17) is 9.84 Å². The van der Waals surface area contributed by atoms with Crippen molar-refractivity contribution in [1.82, 2.24) is 4.31 Å². The Morgan fingerprint density at radius 2 is 2.58 bits per heavy atom. The number of hydrogen-bond acceptors (Lipinski definition) is 4. The summed E-state index contributed by atoms with van der Waals surface area (Å²) in [6.07, 6.45) is -1.26. The summed E-state index contributed by atoms with van der Waals surface area (Å²) >= 11 is -1.87. The van der Waals surface area contributed by atoms with E-state index in [2.05, 4.69) is 4.18 Å². The van der Waals surface area contributed by atoms with Gasteiger partial charge < -0.3 is 9.84 Å². The van der Waals surface area contributed by atoms with Crippen molar-refractivity contribution in [1.29, 1.82) is 0 Å². The van der Waals surface area contributed by atoms with Crippen molar-refractivity contribution < 1.29 is 23.0 Å². The van der Waals surface area contributed by atoms with Crippen molar-refractivity contribution in [2.24, 2.45) is 0 Å². The Balaban J connectivity index is 2.63. The monoisotopic (exact) mass is 195 g/mol. The van der Waals surface area contributed by atoms with Crippen molar-refractivity contribution in [3.63, 3.8) is 0 Å². The van der Waals surface area contributed by atoms with Crippen LogP contribution >= 0.6 is 0 Å². The Labute approximate surface area is 71.9 Å². The van der Waals surface area contributed by atoms with Gasteiger partial charge in [0.05, 0.1) is 19.3 Å². The van der Waals surface area contributed by atoms with E-state index in [1.807, 2.05) is 0 Å². The highest BCUT2D eigenvalue weighted by Gasteiger charge is 2.36. The molecule has 1 saturated heterocycles. The SMILES string of the molecule is COC[C@H]1COS(=O)N1C(=O)O. The standard InChI is InChI=1S/C5H9NO5S/c1-10-2-4-3-11-12(9)6(4)5(7)8/h4H,2-3H2,1H3,(H,7,8)/t4-,12?/m0/s1. The van der Waals surface area contributed by atoms with E-state index in [9.17, 15) is 9.00 Å². The Hall–Kier alpha value is -0.660. The summed E-state index contributed by atoms with van der Waals surface area (Å²) in [6.45, 7) is 0.310. The molecule has 0 bridgehead atoms. The molecular weight excluding hydrogens is 186 g/mol. The van der Waals surface area contributed by atoms with Gasteiger partial charge in [0, 0.05) is 7.11 Å². The number of nitrogens with zero attached hydrogens (tertiary/aromatic N) is 1. The second-order valence-electron chi connectivity index (χ2n) is 2.22. The van der Waals surface area contributed by atoms with E-state index in [0.29, 0.717) is 0 Å². The topological polar surface area (TPSA) is 76.1 Å². The lowest BCUT2D eigenvalue weighted by Gasteiger charge is -2.15. The van der Waals surface area contributed by atoms with Gasteiger partial charge in [0.1, 0.15) is 0 Å². The second-order valence-corrected chi connectivity index (χ2v) is 3.28. The van der Waals surface area contributed by atoms with Gasteiger partial charge in [-0.3, -0.25) is 4.18 Å². The molecule has 1 aliphatic heterocycles. The third-order valence-corrected chi connectivity index (χ3v) is 2.51. The highest BCUT2D eigenvalue weighted by Crippen LogP contribution is 2.14. The summed E-state index contributed by atoms with van der Waals surface area (Å²) in [4.78, 5) is 10.5. The van der Waals surface area contributed by atoms with Crippen LogP contribution in [0.3, 0.4) is 0 Å². The highest BCUT2D eigenvalue weighted by molar-refractivity contribution is 7.78. The molecule has 0 aromatic heterocycles. The van der Waals surface area contributed by atoms with Gasteiger partial charge in [-0.05, 0) is 0 Å². The van der Waals surface area contributed by atoms with Gasteiger partial charge in [-0.15, -0.1) is 0 Å². The zero-order chi connectivity index (χ0) is 9.14. The Kier molecular flexibility index (Phi) is 3.01. The van der Waals surface area contributed by atoms with Gasteiger partial charge in [0.25, 0.3) is 11.3 Å². The lowest BCUT2D eigenvalue weighted by molar-refractivity contribution is 0.118. The minimum atomic E-state index is -1.87. The first-order valence-corrected chi connectivity index (χ1v) is 4.26. The first-order valence-electron chi connectivity index (χ1n) is 3.23. The molecule has 70 valence electrons. The summed E-state index contributed by atoms with van der Waals surface area (Å²) in [5.74, 6) is 0. The predicted octanol–water partition coefficient (Wildman–Crippen LogP) is -0.410. The van der Waals surface area contributed by atoms with Gasteiger partial charge in [-0.25, -0.2) is 9.00 Å². The first-order chi connectivity index (χ1) is 5.66. The maximum absolute atomic E-state index is 10.9. The summed E-state index contributed by atoms with van der Waals surface area (Å²) < 4.78 is 21.0. The van der Waals surface area contributed by atoms with Gasteiger partial charge in [-0.2, -0.15) is 4.31 Å². The molecule has 12 heavy (non-hydrogen) atoms. The van der Waals surface area contributed by atoms with Gasteiger partial charge in [0.15, 0.2) is 0 Å². The lowest BCUT2D eigenvalue weighted by Crippen LogP contribution is -2.38. The molecule has 0 aromatic carbocycles. The Morgan fingerprint density at radius 3 is 3.08 bits per heavy atom. The predicted molar refractivity (Wildman–Crippen MR) is 39.6 cm³/mol. The number of methoxy groups -OCH3 is 1. The first kappa shape index (κ1) is 9.43. The number of carbonyl (C=O) groups is 1. The molecule has 1 amide bonds. The summed E-state index contributed by atoms with van der Waals surface area (Å²) in [5, 5.41) is 8.58. The summed E-state index contributed by atoms with van der Waals surface area (Å²) in [7, 11) is 1.45. The molecule has 1 rings (SSSR count). The zero-order valence-electron chi connectivity index (χ0n) is 6.43. The highest BCUT2D eigenvalue weighted by atomic mass is 32.2. The normalized spacial score (nSPS) is 29.2. The van der Waals surface area contributed by atoms with Crippen molar-refractivity contribution in [3.05, 3.63) is 0 Å². The largest absolute Gasteiger partial charge is 0.464 e. The van der Waals surface area contributed by atoms with Crippen molar-refractivity contribution >= 4 is 17.4 Å². The smallest absolute Gasteiger partial charge is 0.421 e. The molecule has 7 heteroatoms. The van der Waals surface area contributed by atoms with E-state index in [1.54, 1.807) is 0 Å². The number of ether oxygens (including phenoxy) is 1. The molecule has 1 N–H and O–H groups in total. The molecule has 0 radical (unpaired) electrons. The van der Waals surface area contributed by atoms with Crippen LogP contribution in [0.5, 0.6) is 0 Å². The van der Waals surface area contributed by atoms with Crippen LogP contribution < -0.4 is 0 Å². The third-order valence-electron chi connectivity index (χ3n) is 1.40. The van der Waals surface area contributed by atoms with E-state index >= 15 is 0 Å². The molecule has 6 nitrogen and oxygen atoms in total. The molecule has 0 spiro atoms. The van der Waals surface area contributed by atoms with Crippen molar-refractivity contribution in [2.45, 2.75) is 6.04 Å². The Morgan fingerprint density at radius 1 is 1.92 bits per heavy atom. The average Bonchev–Trinajstić information content (AvgIpc) is 2.32. The number of hydrogen-bond donors (Lipinski definition) is 1. The lowest BCUT2D eigenvalue weighted by atomic mass is 10.3. The number of carboxylic acid groups (broad SMARTS) is 1. The van der Waals surface area contributed by atoms with Crippen LogP contribution in [-0.2, 0) is 20.2 Å². The van der Waals surface area contributed by atoms with E-state index in [1.165, 1.54) is 7.11 Å². The van der Waals surface area contributed by atoms with Crippen molar-refractivity contribution in [3.8, 4) is 0 Å². The van der Waals surface area contributed by atoms with E-state index in [-0.39, 0.29) is 13.2 Å². The zero-order valence-corrected chi connectivity index (χ0v) is 7.24. The average molecular weight is 195 g/mol. The molecule has 0 saturated carbocycles. The molecule has 1 unspecified atom stereocenters. The van der Waals surface area contributed by atoms with E-state index < -0.39 is 23.4 Å². The summed E-state index contributed by atoms with van der Waals surface area (Å²) in [5.41, 5.74) is 0.